The second-order valence-electron chi connectivity index (χ2n) is 6.66. The number of halogens is 1. The molecule has 3 rings (SSSR count). The molecule has 1 spiro atoms. The van der Waals surface area contributed by atoms with Crippen LogP contribution in [0.15, 0.2) is 27.7 Å². The molecule has 0 saturated heterocycles. The number of nitrogens with one attached hydrogen (secondary N) is 1. The van der Waals surface area contributed by atoms with Gasteiger partial charge in [-0.25, -0.2) is 0 Å². The van der Waals surface area contributed by atoms with Gasteiger partial charge in [-0.1, -0.05) is 22.0 Å². The van der Waals surface area contributed by atoms with Crippen LogP contribution in [0.4, 0.5) is 0 Å². The van der Waals surface area contributed by atoms with Gasteiger partial charge < -0.3 is 16.2 Å². The smallest absolute Gasteiger partial charge is 0.139 e. The molecular formula is C17H22BrN3O. The first-order valence-electron chi connectivity index (χ1n) is 7.76. The predicted molar refractivity (Wildman–Crippen MR) is 92.5 cm³/mol. The number of amidine groups is 1. The highest BCUT2D eigenvalue weighted by Gasteiger charge is 2.48. The van der Waals surface area contributed by atoms with Crippen LogP contribution in [-0.4, -0.2) is 22.8 Å². The largest absolute Gasteiger partial charge is 0.393 e. The molecule has 4 nitrogen and oxygen atoms in total. The molecule has 2 aliphatic rings. The lowest BCUT2D eigenvalue weighted by Crippen LogP contribution is -2.34. The van der Waals surface area contributed by atoms with Crippen molar-refractivity contribution in [2.75, 3.05) is 0 Å². The normalized spacial score (nSPS) is 31.3. The standard InChI is InChI=1S/C17H22BrN3O/c1-10(19)16(20)21-15-14-8-12(18)3-2-11(14)9-17(15)6-4-13(22)5-7-17/h2-3,8,13,15,19,22H,4-7,9H2,1H3,(H2,20,21). The van der Waals surface area contributed by atoms with Gasteiger partial charge >= 0.3 is 0 Å². The predicted octanol–water partition coefficient (Wildman–Crippen LogP) is 3.36. The van der Waals surface area contributed by atoms with Crippen molar-refractivity contribution >= 4 is 27.5 Å². The fourth-order valence-electron chi connectivity index (χ4n) is 3.86. The van der Waals surface area contributed by atoms with E-state index in [0.29, 0.717) is 11.5 Å². The maximum atomic E-state index is 9.87. The minimum absolute atomic E-state index is 0.00667. The highest BCUT2D eigenvalue weighted by Crippen LogP contribution is 2.56. The van der Waals surface area contributed by atoms with E-state index in [1.807, 2.05) is 0 Å². The lowest BCUT2D eigenvalue weighted by Gasteiger charge is -2.39. The first-order valence-corrected chi connectivity index (χ1v) is 8.56. The first kappa shape index (κ1) is 15.7. The zero-order valence-electron chi connectivity index (χ0n) is 12.8. The number of aliphatic hydroxyl groups excluding tert-OH is 1. The van der Waals surface area contributed by atoms with Crippen LogP contribution in [-0.2, 0) is 6.42 Å². The summed E-state index contributed by atoms with van der Waals surface area (Å²) in [6.07, 6.45) is 4.36. The minimum atomic E-state index is -0.187. The average Bonchev–Trinajstić information content (AvgIpc) is 2.76. The number of hydrogen-bond donors (Lipinski definition) is 3. The van der Waals surface area contributed by atoms with E-state index in [0.717, 1.165) is 36.6 Å². The molecule has 0 amide bonds. The monoisotopic (exact) mass is 363 g/mol. The van der Waals surface area contributed by atoms with Gasteiger partial charge in [-0.2, -0.15) is 0 Å². The summed E-state index contributed by atoms with van der Waals surface area (Å²) in [5.41, 5.74) is 8.87. The summed E-state index contributed by atoms with van der Waals surface area (Å²) < 4.78 is 1.05. The zero-order chi connectivity index (χ0) is 15.9. The summed E-state index contributed by atoms with van der Waals surface area (Å²) in [6.45, 7) is 1.67. The molecule has 1 unspecified atom stereocenters. The number of nitrogens with two attached hydrogens (primary N) is 1. The van der Waals surface area contributed by atoms with Gasteiger partial charge in [0.05, 0.1) is 17.9 Å². The number of hydrogen-bond acceptors (Lipinski definition) is 3. The summed E-state index contributed by atoms with van der Waals surface area (Å²) in [5.74, 6) is 0.323. The van der Waals surface area contributed by atoms with E-state index >= 15 is 0 Å². The van der Waals surface area contributed by atoms with Gasteiger partial charge in [0.1, 0.15) is 5.84 Å². The van der Waals surface area contributed by atoms with Crippen molar-refractivity contribution in [1.82, 2.24) is 0 Å². The van der Waals surface area contributed by atoms with E-state index in [1.54, 1.807) is 6.92 Å². The Hall–Kier alpha value is -1.20. The van der Waals surface area contributed by atoms with Crippen molar-refractivity contribution in [3.8, 4) is 0 Å². The van der Waals surface area contributed by atoms with Crippen molar-refractivity contribution < 1.29 is 5.11 Å². The number of aliphatic imine (C=N–C) groups is 1. The highest BCUT2D eigenvalue weighted by atomic mass is 79.9. The lowest BCUT2D eigenvalue weighted by atomic mass is 9.69. The maximum Gasteiger partial charge on any atom is 0.139 e. The van der Waals surface area contributed by atoms with Crippen LogP contribution in [0.5, 0.6) is 0 Å². The third-order valence-electron chi connectivity index (χ3n) is 5.13. The molecule has 1 fully saturated rings. The molecule has 2 aliphatic carbocycles. The summed E-state index contributed by atoms with van der Waals surface area (Å²) >= 11 is 3.55. The van der Waals surface area contributed by atoms with Crippen molar-refractivity contribution in [3.63, 3.8) is 0 Å². The van der Waals surface area contributed by atoms with E-state index < -0.39 is 0 Å². The Bertz CT molecular complexity index is 633. The SMILES string of the molecule is CC(=N)C(N)=NC1c2cc(Br)ccc2CC12CCC(O)CC2. The minimum Gasteiger partial charge on any atom is -0.393 e. The Morgan fingerprint density at radius 1 is 1.41 bits per heavy atom. The number of nitrogens with zero attached hydrogens (tertiary/aromatic N) is 1. The molecule has 22 heavy (non-hydrogen) atoms. The Morgan fingerprint density at radius 3 is 2.73 bits per heavy atom. The lowest BCUT2D eigenvalue weighted by molar-refractivity contribution is 0.0543. The van der Waals surface area contributed by atoms with Crippen LogP contribution < -0.4 is 5.73 Å². The van der Waals surface area contributed by atoms with Crippen LogP contribution in [0, 0.1) is 10.8 Å². The van der Waals surface area contributed by atoms with Crippen molar-refractivity contribution in [2.24, 2.45) is 16.1 Å². The van der Waals surface area contributed by atoms with Gasteiger partial charge in [-0.15, -0.1) is 0 Å². The van der Waals surface area contributed by atoms with Gasteiger partial charge in [-0.3, -0.25) is 4.99 Å². The molecule has 1 aromatic rings. The van der Waals surface area contributed by atoms with Crippen LogP contribution in [0.25, 0.3) is 0 Å². The van der Waals surface area contributed by atoms with E-state index in [2.05, 4.69) is 34.1 Å². The van der Waals surface area contributed by atoms with Crippen LogP contribution in [0.1, 0.15) is 49.8 Å². The first-order chi connectivity index (χ1) is 10.4. The Labute approximate surface area is 139 Å². The molecule has 4 N–H and O–H groups in total. The van der Waals surface area contributed by atoms with Gasteiger partial charge in [0, 0.05) is 9.89 Å². The van der Waals surface area contributed by atoms with Gasteiger partial charge in [0.15, 0.2) is 0 Å². The molecule has 0 aromatic heterocycles. The van der Waals surface area contributed by atoms with Crippen LogP contribution in [0.3, 0.4) is 0 Å². The average molecular weight is 364 g/mol. The molecule has 0 bridgehead atoms. The number of rotatable bonds is 2. The van der Waals surface area contributed by atoms with Gasteiger partial charge in [0.2, 0.25) is 0 Å². The maximum absolute atomic E-state index is 9.87. The molecular weight excluding hydrogens is 342 g/mol. The number of aliphatic hydroxyl groups is 1. The molecule has 1 saturated carbocycles. The van der Waals surface area contributed by atoms with Gasteiger partial charge in [-0.05, 0) is 62.3 Å². The van der Waals surface area contributed by atoms with E-state index in [1.165, 1.54) is 11.1 Å². The third-order valence-corrected chi connectivity index (χ3v) is 5.62. The molecule has 118 valence electrons. The molecule has 1 atom stereocenters. The molecule has 1 aromatic carbocycles. The Morgan fingerprint density at radius 2 is 2.09 bits per heavy atom. The fourth-order valence-corrected chi connectivity index (χ4v) is 4.24. The molecule has 0 radical (unpaired) electrons. The number of fused-ring (bicyclic) bond motifs is 1. The zero-order valence-corrected chi connectivity index (χ0v) is 14.4. The number of benzene rings is 1. The van der Waals surface area contributed by atoms with Crippen LogP contribution in [0.2, 0.25) is 0 Å². The Kier molecular flexibility index (Phi) is 4.12. The molecule has 5 heteroatoms. The summed E-state index contributed by atoms with van der Waals surface area (Å²) in [7, 11) is 0. The second kappa shape index (κ2) is 5.78. The highest BCUT2D eigenvalue weighted by molar-refractivity contribution is 9.10. The van der Waals surface area contributed by atoms with E-state index in [4.69, 9.17) is 16.1 Å². The molecule has 0 aliphatic heterocycles. The Balaban J connectivity index is 2.04. The van der Waals surface area contributed by atoms with Crippen molar-refractivity contribution in [2.45, 2.75) is 51.2 Å². The fraction of sp³-hybridized carbons (Fsp3) is 0.529. The second-order valence-corrected chi connectivity index (χ2v) is 7.57. The van der Waals surface area contributed by atoms with Crippen LogP contribution >= 0.6 is 15.9 Å². The summed E-state index contributed by atoms with van der Waals surface area (Å²) in [4.78, 5) is 4.73. The topological polar surface area (TPSA) is 82.5 Å². The quantitative estimate of drug-likeness (QED) is 0.555. The van der Waals surface area contributed by atoms with E-state index in [9.17, 15) is 5.11 Å². The molecule has 0 heterocycles. The van der Waals surface area contributed by atoms with Crippen molar-refractivity contribution in [3.05, 3.63) is 33.8 Å². The van der Waals surface area contributed by atoms with Crippen molar-refractivity contribution in [1.29, 1.82) is 5.41 Å². The van der Waals surface area contributed by atoms with Gasteiger partial charge in [0.25, 0.3) is 0 Å². The summed E-state index contributed by atoms with van der Waals surface area (Å²) in [6, 6.07) is 6.36. The summed E-state index contributed by atoms with van der Waals surface area (Å²) in [5, 5.41) is 17.6. The van der Waals surface area contributed by atoms with E-state index in [-0.39, 0.29) is 17.6 Å². The third kappa shape index (κ3) is 2.72.